The summed E-state index contributed by atoms with van der Waals surface area (Å²) in [6, 6.07) is 5.16. The highest BCUT2D eigenvalue weighted by atomic mass is 16.4. The largest absolute Gasteiger partial charge is 0.481 e. The number of Topliss-reactive ketones (excluding diaryl/α,β-unsaturated/α-hetero) is 1. The number of aryl methyl sites for hydroxylation is 1. The lowest BCUT2D eigenvalue weighted by molar-refractivity contribution is -0.141. The molecule has 0 saturated heterocycles. The predicted molar refractivity (Wildman–Crippen MR) is 66.6 cm³/mol. The highest BCUT2D eigenvalue weighted by molar-refractivity contribution is 6.00. The van der Waals surface area contributed by atoms with Gasteiger partial charge in [-0.25, -0.2) is 4.98 Å². The minimum Gasteiger partial charge on any atom is -0.481 e. The maximum atomic E-state index is 11.9. The van der Waals surface area contributed by atoms with Gasteiger partial charge < -0.3 is 10.1 Å². The topological polar surface area (TPSA) is 83.1 Å². The first-order valence-electron chi connectivity index (χ1n) is 5.69. The molecule has 0 aliphatic heterocycles. The van der Waals surface area contributed by atoms with E-state index < -0.39 is 11.9 Å². The van der Waals surface area contributed by atoms with Gasteiger partial charge in [0.05, 0.1) is 17.0 Å². The number of nitrogens with zero attached hydrogens (tertiary/aromatic N) is 1. The molecule has 2 N–H and O–H groups in total. The monoisotopic (exact) mass is 246 g/mol. The van der Waals surface area contributed by atoms with Crippen molar-refractivity contribution in [1.29, 1.82) is 0 Å². The molecule has 0 saturated carbocycles. The lowest BCUT2D eigenvalue weighted by atomic mass is 10.00. The Morgan fingerprint density at radius 3 is 2.83 bits per heavy atom. The maximum Gasteiger partial charge on any atom is 0.306 e. The fraction of sp³-hybridized carbons (Fsp3) is 0.308. The van der Waals surface area contributed by atoms with Crippen molar-refractivity contribution in [2.45, 2.75) is 20.3 Å². The molecule has 5 nitrogen and oxygen atoms in total. The molecule has 2 aromatic rings. The highest BCUT2D eigenvalue weighted by Crippen LogP contribution is 2.16. The molecule has 1 atom stereocenters. The number of carboxylic acids is 1. The van der Waals surface area contributed by atoms with E-state index in [0.717, 1.165) is 16.9 Å². The van der Waals surface area contributed by atoms with E-state index >= 15 is 0 Å². The second-order valence-electron chi connectivity index (χ2n) is 4.42. The summed E-state index contributed by atoms with van der Waals surface area (Å²) >= 11 is 0. The van der Waals surface area contributed by atoms with Crippen LogP contribution in [0.1, 0.15) is 29.5 Å². The Balaban J connectivity index is 2.25. The Bertz CT molecular complexity index is 616. The zero-order valence-electron chi connectivity index (χ0n) is 10.2. The summed E-state index contributed by atoms with van der Waals surface area (Å²) in [5.74, 6) is -1.01. The number of carbonyl (C=O) groups is 2. The number of benzene rings is 1. The van der Waals surface area contributed by atoms with Gasteiger partial charge >= 0.3 is 5.97 Å². The first kappa shape index (κ1) is 12.3. The molecular formula is C13H14N2O3. The molecule has 0 aliphatic rings. The summed E-state index contributed by atoms with van der Waals surface area (Å²) in [6.45, 7) is 3.37. The second kappa shape index (κ2) is 4.60. The van der Waals surface area contributed by atoms with E-state index in [9.17, 15) is 9.59 Å². The number of hydrogen-bond acceptors (Lipinski definition) is 3. The van der Waals surface area contributed by atoms with Gasteiger partial charge in [0.1, 0.15) is 5.82 Å². The standard InChI is InChI=1S/C13H14N2O3/c1-7(13(17)18)5-12(16)9-3-4-10-11(6-9)15-8(2)14-10/h3-4,6-7H,5H2,1-2H3,(H,14,15)(H,17,18). The van der Waals surface area contributed by atoms with Crippen LogP contribution in [0.2, 0.25) is 0 Å². The summed E-state index contributed by atoms with van der Waals surface area (Å²) in [5.41, 5.74) is 2.11. The molecular weight excluding hydrogens is 232 g/mol. The molecule has 1 heterocycles. The molecule has 1 aromatic carbocycles. The first-order chi connectivity index (χ1) is 8.47. The maximum absolute atomic E-state index is 11.9. The number of carbonyl (C=O) groups excluding carboxylic acids is 1. The fourth-order valence-electron chi connectivity index (χ4n) is 1.79. The van der Waals surface area contributed by atoms with Crippen LogP contribution in [-0.4, -0.2) is 26.8 Å². The molecule has 0 aliphatic carbocycles. The van der Waals surface area contributed by atoms with Crippen LogP contribution in [0.5, 0.6) is 0 Å². The van der Waals surface area contributed by atoms with Crippen LogP contribution in [-0.2, 0) is 4.79 Å². The number of aromatic amines is 1. The molecule has 0 amide bonds. The van der Waals surface area contributed by atoms with E-state index in [1.807, 2.05) is 6.92 Å². The molecule has 18 heavy (non-hydrogen) atoms. The molecule has 5 heteroatoms. The number of nitrogens with one attached hydrogen (secondary N) is 1. The smallest absolute Gasteiger partial charge is 0.306 e. The summed E-state index contributed by atoms with van der Waals surface area (Å²) in [7, 11) is 0. The van der Waals surface area contributed by atoms with Crippen LogP contribution >= 0.6 is 0 Å². The van der Waals surface area contributed by atoms with Gasteiger partial charge in [-0.3, -0.25) is 9.59 Å². The molecule has 0 bridgehead atoms. The van der Waals surface area contributed by atoms with Crippen molar-refractivity contribution in [3.8, 4) is 0 Å². The minimum atomic E-state index is -0.957. The molecule has 2 rings (SSSR count). The third-order valence-electron chi connectivity index (χ3n) is 2.84. The van der Waals surface area contributed by atoms with Crippen molar-refractivity contribution in [2.75, 3.05) is 0 Å². The molecule has 94 valence electrons. The summed E-state index contributed by atoms with van der Waals surface area (Å²) < 4.78 is 0. The SMILES string of the molecule is Cc1nc2ccc(C(=O)CC(C)C(=O)O)cc2[nH]1. The van der Waals surface area contributed by atoms with E-state index in [4.69, 9.17) is 5.11 Å². The zero-order chi connectivity index (χ0) is 13.3. The minimum absolute atomic E-state index is 0.00790. The molecule has 1 aromatic heterocycles. The van der Waals surface area contributed by atoms with Crippen molar-refractivity contribution in [3.05, 3.63) is 29.6 Å². The fourth-order valence-corrected chi connectivity index (χ4v) is 1.79. The van der Waals surface area contributed by atoms with Crippen LogP contribution < -0.4 is 0 Å². The quantitative estimate of drug-likeness (QED) is 0.810. The third-order valence-corrected chi connectivity index (χ3v) is 2.84. The number of imidazole rings is 1. The van der Waals surface area contributed by atoms with Crippen LogP contribution in [0.4, 0.5) is 0 Å². The lowest BCUT2D eigenvalue weighted by Crippen LogP contribution is -2.14. The van der Waals surface area contributed by atoms with Crippen molar-refractivity contribution in [3.63, 3.8) is 0 Å². The van der Waals surface area contributed by atoms with Gasteiger partial charge in [-0.15, -0.1) is 0 Å². The number of aromatic nitrogens is 2. The number of hydrogen-bond donors (Lipinski definition) is 2. The third kappa shape index (κ3) is 2.40. The second-order valence-corrected chi connectivity index (χ2v) is 4.42. The average Bonchev–Trinajstić information content (AvgIpc) is 2.67. The van der Waals surface area contributed by atoms with Crippen LogP contribution in [0, 0.1) is 12.8 Å². The summed E-state index contributed by atoms with van der Waals surface area (Å²) in [5, 5.41) is 8.78. The van der Waals surface area contributed by atoms with E-state index in [2.05, 4.69) is 9.97 Å². The lowest BCUT2D eigenvalue weighted by Gasteiger charge is -2.05. The van der Waals surface area contributed by atoms with E-state index in [-0.39, 0.29) is 12.2 Å². The first-order valence-corrected chi connectivity index (χ1v) is 5.69. The Labute approximate surface area is 104 Å². The van der Waals surface area contributed by atoms with E-state index in [1.54, 1.807) is 18.2 Å². The van der Waals surface area contributed by atoms with Crippen molar-refractivity contribution in [1.82, 2.24) is 9.97 Å². The van der Waals surface area contributed by atoms with Gasteiger partial charge in [0.25, 0.3) is 0 Å². The molecule has 0 radical (unpaired) electrons. The number of H-pyrrole nitrogens is 1. The van der Waals surface area contributed by atoms with Crippen LogP contribution in [0.25, 0.3) is 11.0 Å². The Morgan fingerprint density at radius 1 is 1.44 bits per heavy atom. The van der Waals surface area contributed by atoms with Gasteiger partial charge in [-0.1, -0.05) is 6.92 Å². The van der Waals surface area contributed by atoms with Crippen LogP contribution in [0.15, 0.2) is 18.2 Å². The van der Waals surface area contributed by atoms with Crippen LogP contribution in [0.3, 0.4) is 0 Å². The van der Waals surface area contributed by atoms with Crippen molar-refractivity contribution >= 4 is 22.8 Å². The number of aliphatic carboxylic acids is 1. The number of ketones is 1. The summed E-state index contributed by atoms with van der Waals surface area (Å²) in [4.78, 5) is 29.9. The van der Waals surface area contributed by atoms with Crippen molar-refractivity contribution in [2.24, 2.45) is 5.92 Å². The normalized spacial score (nSPS) is 12.6. The number of rotatable bonds is 4. The Morgan fingerprint density at radius 2 is 2.17 bits per heavy atom. The van der Waals surface area contributed by atoms with E-state index in [0.29, 0.717) is 5.56 Å². The van der Waals surface area contributed by atoms with Crippen molar-refractivity contribution < 1.29 is 14.7 Å². The van der Waals surface area contributed by atoms with E-state index in [1.165, 1.54) is 6.92 Å². The predicted octanol–water partition coefficient (Wildman–Crippen LogP) is 2.16. The van der Waals surface area contributed by atoms with Gasteiger partial charge in [0.2, 0.25) is 0 Å². The van der Waals surface area contributed by atoms with Gasteiger partial charge in [0.15, 0.2) is 5.78 Å². The zero-order valence-corrected chi connectivity index (χ0v) is 10.2. The number of carboxylic acid groups (broad SMARTS) is 1. The van der Waals surface area contributed by atoms with Gasteiger partial charge in [0, 0.05) is 12.0 Å². The molecule has 0 spiro atoms. The average molecular weight is 246 g/mol. The van der Waals surface area contributed by atoms with Gasteiger partial charge in [-0.2, -0.15) is 0 Å². The molecule has 0 fully saturated rings. The highest BCUT2D eigenvalue weighted by Gasteiger charge is 2.17. The Hall–Kier alpha value is -2.17. The number of fused-ring (bicyclic) bond motifs is 1. The molecule has 1 unspecified atom stereocenters. The summed E-state index contributed by atoms with van der Waals surface area (Å²) in [6.07, 6.45) is 0.00790. The van der Waals surface area contributed by atoms with Gasteiger partial charge in [-0.05, 0) is 25.1 Å². The Kier molecular flexibility index (Phi) is 3.14.